The van der Waals surface area contributed by atoms with Gasteiger partial charge in [-0.3, -0.25) is 0 Å². The van der Waals surface area contributed by atoms with Gasteiger partial charge in [0.15, 0.2) is 5.82 Å². The number of benzene rings is 9. The van der Waals surface area contributed by atoms with Crippen molar-refractivity contribution in [1.29, 1.82) is 0 Å². The van der Waals surface area contributed by atoms with Gasteiger partial charge in [0, 0.05) is 53.8 Å². The van der Waals surface area contributed by atoms with Crippen LogP contribution in [0.15, 0.2) is 192 Å². The lowest BCUT2D eigenvalue weighted by Crippen LogP contribution is -1.95. The maximum absolute atomic E-state index is 6.64. The third-order valence-corrected chi connectivity index (χ3v) is 13.1. The van der Waals surface area contributed by atoms with Crippen LogP contribution in [0.3, 0.4) is 0 Å². The predicted molar refractivity (Wildman–Crippen MR) is 248 cm³/mol. The molecule has 0 atom stereocenters. The largest absolute Gasteiger partial charge is 0.456 e. The summed E-state index contributed by atoms with van der Waals surface area (Å²) in [6, 6.07) is 67.2. The van der Waals surface area contributed by atoms with Crippen LogP contribution in [0, 0.1) is 0 Å². The predicted octanol–water partition coefficient (Wildman–Crippen LogP) is 15.1. The Bertz CT molecular complexity index is 3860. The molecule has 9 aromatic carbocycles. The second-order valence-electron chi connectivity index (χ2n) is 15.3. The van der Waals surface area contributed by atoms with Gasteiger partial charge in [-0.25, -0.2) is 9.97 Å². The van der Waals surface area contributed by atoms with E-state index in [1.807, 2.05) is 0 Å². The van der Waals surface area contributed by atoms with E-state index in [-0.39, 0.29) is 0 Å². The Morgan fingerprint density at radius 2 is 1.22 bits per heavy atom. The summed E-state index contributed by atoms with van der Waals surface area (Å²) >= 11 is 1.76. The first-order chi connectivity index (χ1) is 29.2. The van der Waals surface area contributed by atoms with Gasteiger partial charge in [-0.2, -0.15) is 0 Å². The zero-order chi connectivity index (χ0) is 38.6. The number of para-hydroxylation sites is 1. The molecule has 0 saturated heterocycles. The van der Waals surface area contributed by atoms with Crippen molar-refractivity contribution in [2.45, 2.75) is 0 Å². The third kappa shape index (κ3) is 4.83. The Labute approximate surface area is 341 Å². The summed E-state index contributed by atoms with van der Waals surface area (Å²) in [6.45, 7) is 0. The molecule has 13 rings (SSSR count). The van der Waals surface area contributed by atoms with E-state index in [9.17, 15) is 0 Å². The summed E-state index contributed by atoms with van der Waals surface area (Å²) in [6.07, 6.45) is 0. The Morgan fingerprint density at radius 3 is 2.12 bits per heavy atom. The number of fused-ring (bicyclic) bond motifs is 12. The Kier molecular flexibility index (Phi) is 6.85. The van der Waals surface area contributed by atoms with Gasteiger partial charge in [0.25, 0.3) is 0 Å². The molecule has 0 N–H and O–H groups in total. The summed E-state index contributed by atoms with van der Waals surface area (Å²) in [5, 5.41) is 10.4. The average molecular weight is 770 g/mol. The molecule has 0 aliphatic carbocycles. The molecule has 0 unspecified atom stereocenters. The topological polar surface area (TPSA) is 43.9 Å². The maximum Gasteiger partial charge on any atom is 0.161 e. The molecular weight excluding hydrogens is 739 g/mol. The van der Waals surface area contributed by atoms with Gasteiger partial charge in [0.2, 0.25) is 0 Å². The highest BCUT2D eigenvalue weighted by molar-refractivity contribution is 7.26. The van der Waals surface area contributed by atoms with Crippen LogP contribution in [0.4, 0.5) is 0 Å². The lowest BCUT2D eigenvalue weighted by Gasteiger charge is -2.13. The Balaban J connectivity index is 1.08. The zero-order valence-electron chi connectivity index (χ0n) is 31.6. The standard InChI is InChI=1S/C54H31N3OS/c1-2-14-33(15-3-1)42-31-43-38-18-8-10-22-45(38)57(52(43)39-19-7-6-17-37(39)42)36-27-28-46-44(30-36)49-41(21-12-23-47(49)58-46)54-55-50(35-26-25-32-13-4-5-16-34(32)29-35)53-51(56-54)40-20-9-11-24-48(40)59-53/h1-31H. The Morgan fingerprint density at radius 1 is 0.458 bits per heavy atom. The molecule has 13 aromatic rings. The molecule has 0 spiro atoms. The summed E-state index contributed by atoms with van der Waals surface area (Å²) in [7, 11) is 0. The minimum absolute atomic E-state index is 0.680. The summed E-state index contributed by atoms with van der Waals surface area (Å²) in [4.78, 5) is 10.8. The third-order valence-electron chi connectivity index (χ3n) is 12.0. The average Bonchev–Trinajstić information content (AvgIpc) is 3.98. The van der Waals surface area contributed by atoms with Crippen LogP contribution in [-0.2, 0) is 0 Å². The number of thiophene rings is 1. The van der Waals surface area contributed by atoms with E-state index in [0.717, 1.165) is 65.6 Å². The second kappa shape index (κ2) is 12.4. The SMILES string of the molecule is c1ccc(-c2cc3c4ccccc4n(-c4ccc5oc6cccc(-c7nc(-c8ccc9ccccc9c8)c8sc9ccccc9c8n7)c6c5c4)c3c3ccccc23)cc1. The van der Waals surface area contributed by atoms with E-state index in [1.54, 1.807) is 11.3 Å². The van der Waals surface area contributed by atoms with Crippen LogP contribution >= 0.6 is 11.3 Å². The Hall–Kier alpha value is -7.60. The highest BCUT2D eigenvalue weighted by Gasteiger charge is 2.22. The van der Waals surface area contributed by atoms with Crippen molar-refractivity contribution >= 4 is 96.9 Å². The summed E-state index contributed by atoms with van der Waals surface area (Å²) < 4.78 is 11.4. The van der Waals surface area contributed by atoms with Crippen molar-refractivity contribution in [1.82, 2.24) is 14.5 Å². The molecule has 4 heterocycles. The van der Waals surface area contributed by atoms with Crippen LogP contribution in [0.25, 0.3) is 125 Å². The van der Waals surface area contributed by atoms with Crippen molar-refractivity contribution < 1.29 is 4.42 Å². The normalized spacial score (nSPS) is 12.1. The first-order valence-electron chi connectivity index (χ1n) is 19.9. The number of aromatic nitrogens is 3. The lowest BCUT2D eigenvalue weighted by atomic mass is 9.95. The van der Waals surface area contributed by atoms with Crippen molar-refractivity contribution in [3.8, 4) is 39.5 Å². The van der Waals surface area contributed by atoms with Gasteiger partial charge >= 0.3 is 0 Å². The number of hydrogen-bond acceptors (Lipinski definition) is 4. The smallest absolute Gasteiger partial charge is 0.161 e. The number of hydrogen-bond donors (Lipinski definition) is 0. The molecule has 0 amide bonds. The van der Waals surface area contributed by atoms with Gasteiger partial charge in [0.1, 0.15) is 11.2 Å². The van der Waals surface area contributed by atoms with Crippen molar-refractivity contribution in [2.75, 3.05) is 0 Å². The summed E-state index contributed by atoms with van der Waals surface area (Å²) in [5.41, 5.74) is 11.4. The maximum atomic E-state index is 6.64. The van der Waals surface area contributed by atoms with Crippen LogP contribution in [0.1, 0.15) is 0 Å². The highest BCUT2D eigenvalue weighted by Crippen LogP contribution is 2.45. The van der Waals surface area contributed by atoms with Crippen LogP contribution in [-0.4, -0.2) is 14.5 Å². The highest BCUT2D eigenvalue weighted by atomic mass is 32.1. The first kappa shape index (κ1) is 32.5. The van der Waals surface area contributed by atoms with Gasteiger partial charge in [0.05, 0.1) is 26.9 Å². The lowest BCUT2D eigenvalue weighted by molar-refractivity contribution is 0.669. The van der Waals surface area contributed by atoms with Crippen molar-refractivity contribution in [3.63, 3.8) is 0 Å². The van der Waals surface area contributed by atoms with E-state index in [2.05, 4.69) is 193 Å². The van der Waals surface area contributed by atoms with Crippen LogP contribution < -0.4 is 0 Å². The van der Waals surface area contributed by atoms with Crippen LogP contribution in [0.5, 0.6) is 0 Å². The summed E-state index contributed by atoms with van der Waals surface area (Å²) in [5.74, 6) is 0.680. The van der Waals surface area contributed by atoms with E-state index in [4.69, 9.17) is 14.4 Å². The van der Waals surface area contributed by atoms with Gasteiger partial charge in [-0.1, -0.05) is 140 Å². The number of nitrogens with zero attached hydrogens (tertiary/aromatic N) is 3. The van der Waals surface area contributed by atoms with Crippen molar-refractivity contribution in [2.24, 2.45) is 0 Å². The van der Waals surface area contributed by atoms with E-state index < -0.39 is 0 Å². The molecule has 0 saturated carbocycles. The minimum Gasteiger partial charge on any atom is -0.456 e. The second-order valence-corrected chi connectivity index (χ2v) is 16.3. The van der Waals surface area contributed by atoms with E-state index in [1.165, 1.54) is 53.7 Å². The molecule has 0 bridgehead atoms. The quantitative estimate of drug-likeness (QED) is 0.179. The monoisotopic (exact) mass is 769 g/mol. The molecule has 5 heteroatoms. The molecule has 0 fully saturated rings. The van der Waals surface area contributed by atoms with Gasteiger partial charge in [-0.05, 0) is 75.8 Å². The molecule has 274 valence electrons. The molecule has 4 nitrogen and oxygen atoms in total. The fourth-order valence-corrected chi connectivity index (χ4v) is 10.5. The molecule has 4 aromatic heterocycles. The molecular formula is C54H31N3OS. The van der Waals surface area contributed by atoms with E-state index in [0.29, 0.717) is 5.82 Å². The fourth-order valence-electron chi connectivity index (χ4n) is 9.33. The molecule has 0 aliphatic heterocycles. The van der Waals surface area contributed by atoms with Gasteiger partial charge < -0.3 is 8.98 Å². The fraction of sp³-hybridized carbons (Fsp3) is 0. The van der Waals surface area contributed by atoms with E-state index >= 15 is 0 Å². The minimum atomic E-state index is 0.680. The molecule has 0 aliphatic rings. The number of furan rings is 1. The van der Waals surface area contributed by atoms with Crippen LogP contribution in [0.2, 0.25) is 0 Å². The number of rotatable bonds is 4. The molecule has 0 radical (unpaired) electrons. The van der Waals surface area contributed by atoms with Crippen molar-refractivity contribution in [3.05, 3.63) is 188 Å². The van der Waals surface area contributed by atoms with Gasteiger partial charge in [-0.15, -0.1) is 11.3 Å². The molecule has 59 heavy (non-hydrogen) atoms. The zero-order valence-corrected chi connectivity index (χ0v) is 32.4. The first-order valence-corrected chi connectivity index (χ1v) is 20.7.